The van der Waals surface area contributed by atoms with E-state index in [2.05, 4.69) is 4.98 Å². The van der Waals surface area contributed by atoms with E-state index in [0.29, 0.717) is 0 Å². The predicted molar refractivity (Wildman–Crippen MR) is 74.4 cm³/mol. The number of aromatic carboxylic acids is 1. The van der Waals surface area contributed by atoms with Gasteiger partial charge in [-0.05, 0) is 26.8 Å². The predicted octanol–water partition coefficient (Wildman–Crippen LogP) is 2.12. The molecule has 9 heteroatoms. The third kappa shape index (κ3) is 5.38. The molecule has 0 aliphatic heterocycles. The molecule has 114 valence electrons. The smallest absolute Gasteiger partial charge is 0.342 e. The number of esters is 1. The molecule has 1 rings (SSSR count). The van der Waals surface area contributed by atoms with Crippen molar-refractivity contribution in [3.63, 3.8) is 0 Å². The lowest BCUT2D eigenvalue weighted by Gasteiger charge is -2.19. The van der Waals surface area contributed by atoms with Gasteiger partial charge in [-0.2, -0.15) is 0 Å². The van der Waals surface area contributed by atoms with Crippen LogP contribution in [0.4, 0.5) is 5.69 Å². The monoisotopic (exact) mass is 314 g/mol. The summed E-state index contributed by atoms with van der Waals surface area (Å²) in [6.07, 6.45) is 0.862. The maximum absolute atomic E-state index is 11.5. The lowest BCUT2D eigenvalue weighted by molar-refractivity contribution is -0.385. The molecule has 0 spiro atoms. The number of nitrogens with zero attached hydrogens (tertiary/aromatic N) is 2. The Balaban J connectivity index is 2.82. The number of carboxylic acid groups (broad SMARTS) is 1. The highest BCUT2D eigenvalue weighted by Gasteiger charge is 2.22. The average molecular weight is 314 g/mol. The first-order valence-electron chi connectivity index (χ1n) is 5.82. The summed E-state index contributed by atoms with van der Waals surface area (Å²) >= 11 is 0.950. The number of hydrogen-bond acceptors (Lipinski definition) is 7. The van der Waals surface area contributed by atoms with Crippen LogP contribution in [0.15, 0.2) is 17.3 Å². The summed E-state index contributed by atoms with van der Waals surface area (Å²) in [5, 5.41) is 19.8. The van der Waals surface area contributed by atoms with Gasteiger partial charge in [0, 0.05) is 0 Å². The highest BCUT2D eigenvalue weighted by molar-refractivity contribution is 7.99. The molecule has 0 unspecified atom stereocenters. The fourth-order valence-corrected chi connectivity index (χ4v) is 1.98. The van der Waals surface area contributed by atoms with E-state index in [-0.39, 0.29) is 10.8 Å². The van der Waals surface area contributed by atoms with Gasteiger partial charge in [-0.3, -0.25) is 14.9 Å². The fraction of sp³-hybridized carbons (Fsp3) is 0.417. The Labute approximate surface area is 124 Å². The van der Waals surface area contributed by atoms with E-state index in [9.17, 15) is 19.7 Å². The van der Waals surface area contributed by atoms with Crippen LogP contribution < -0.4 is 0 Å². The molecule has 0 amide bonds. The first-order chi connectivity index (χ1) is 9.60. The molecule has 0 saturated carbocycles. The van der Waals surface area contributed by atoms with E-state index < -0.39 is 33.7 Å². The zero-order valence-corrected chi connectivity index (χ0v) is 12.5. The van der Waals surface area contributed by atoms with Gasteiger partial charge in [0.2, 0.25) is 0 Å². The normalized spacial score (nSPS) is 11.0. The molecule has 1 heterocycles. The molecular formula is C12H14N2O6S. The summed E-state index contributed by atoms with van der Waals surface area (Å²) < 4.78 is 5.09. The van der Waals surface area contributed by atoms with Crippen LogP contribution in [-0.4, -0.2) is 38.3 Å². The number of hydrogen-bond donors (Lipinski definition) is 1. The molecule has 0 aliphatic rings. The van der Waals surface area contributed by atoms with Gasteiger partial charge in [-0.1, -0.05) is 11.8 Å². The number of aromatic nitrogens is 1. The quantitative estimate of drug-likeness (QED) is 0.380. The molecule has 8 nitrogen and oxygen atoms in total. The minimum atomic E-state index is -1.43. The minimum absolute atomic E-state index is 0.0683. The topological polar surface area (TPSA) is 120 Å². The molecule has 0 fully saturated rings. The number of thioether (sulfide) groups is 1. The van der Waals surface area contributed by atoms with Crippen LogP contribution in [0.3, 0.4) is 0 Å². The van der Waals surface area contributed by atoms with Gasteiger partial charge < -0.3 is 9.84 Å². The zero-order chi connectivity index (χ0) is 16.2. The molecule has 1 aromatic rings. The largest absolute Gasteiger partial charge is 0.477 e. The van der Waals surface area contributed by atoms with Crippen LogP contribution in [0.5, 0.6) is 0 Å². The number of carbonyl (C=O) groups excluding carboxylic acids is 1. The number of pyridine rings is 1. The second kappa shape index (κ2) is 6.53. The standard InChI is InChI=1S/C12H14N2O6S/c1-12(2,3)20-10(15)6-21-9-4-7(11(16)17)8(5-13-9)14(18)19/h4-5H,6H2,1-3H3,(H,16,17). The molecule has 0 radical (unpaired) electrons. The summed E-state index contributed by atoms with van der Waals surface area (Å²) in [5.74, 6) is -1.98. The van der Waals surface area contributed by atoms with Crippen molar-refractivity contribution in [2.75, 3.05) is 5.75 Å². The first-order valence-corrected chi connectivity index (χ1v) is 6.81. The third-order valence-electron chi connectivity index (χ3n) is 2.04. The van der Waals surface area contributed by atoms with Gasteiger partial charge >= 0.3 is 17.6 Å². The molecule has 0 bridgehead atoms. The molecule has 0 aliphatic carbocycles. The molecule has 0 saturated heterocycles. The van der Waals surface area contributed by atoms with Crippen LogP contribution in [0, 0.1) is 10.1 Å². The molecule has 0 aromatic carbocycles. The van der Waals surface area contributed by atoms with E-state index in [1.807, 2.05) is 0 Å². The summed E-state index contributed by atoms with van der Waals surface area (Å²) in [6.45, 7) is 5.17. The Morgan fingerprint density at radius 2 is 2.10 bits per heavy atom. The summed E-state index contributed by atoms with van der Waals surface area (Å²) in [6, 6.07) is 1.06. The van der Waals surface area contributed by atoms with Crippen LogP contribution >= 0.6 is 11.8 Å². The Kier molecular flexibility index (Phi) is 5.25. The van der Waals surface area contributed by atoms with E-state index in [1.54, 1.807) is 20.8 Å². The van der Waals surface area contributed by atoms with E-state index >= 15 is 0 Å². The highest BCUT2D eigenvalue weighted by atomic mass is 32.2. The van der Waals surface area contributed by atoms with Crippen LogP contribution in [0.2, 0.25) is 0 Å². The summed E-state index contributed by atoms with van der Waals surface area (Å²) in [7, 11) is 0. The maximum Gasteiger partial charge on any atom is 0.342 e. The second-order valence-electron chi connectivity index (χ2n) is 4.98. The lowest BCUT2D eigenvalue weighted by atomic mass is 10.2. The van der Waals surface area contributed by atoms with Crippen LogP contribution in [0.25, 0.3) is 0 Å². The number of ether oxygens (including phenoxy) is 1. The SMILES string of the molecule is CC(C)(C)OC(=O)CSc1cc(C(=O)O)c([N+](=O)[O-])cn1. The Morgan fingerprint density at radius 1 is 1.48 bits per heavy atom. The highest BCUT2D eigenvalue weighted by Crippen LogP contribution is 2.24. The van der Waals surface area contributed by atoms with Gasteiger partial charge in [0.25, 0.3) is 0 Å². The van der Waals surface area contributed by atoms with Gasteiger partial charge in [-0.15, -0.1) is 0 Å². The van der Waals surface area contributed by atoms with Crippen molar-refractivity contribution >= 4 is 29.4 Å². The summed E-state index contributed by atoms with van der Waals surface area (Å²) in [4.78, 5) is 36.1. The van der Waals surface area contributed by atoms with E-state index in [0.717, 1.165) is 24.0 Å². The Hall–Kier alpha value is -2.16. The molecule has 1 N–H and O–H groups in total. The van der Waals surface area contributed by atoms with Crippen molar-refractivity contribution < 1.29 is 24.4 Å². The minimum Gasteiger partial charge on any atom is -0.477 e. The van der Waals surface area contributed by atoms with Crippen molar-refractivity contribution in [2.45, 2.75) is 31.4 Å². The molecule has 21 heavy (non-hydrogen) atoms. The lowest BCUT2D eigenvalue weighted by Crippen LogP contribution is -2.24. The maximum atomic E-state index is 11.5. The second-order valence-corrected chi connectivity index (χ2v) is 5.97. The van der Waals surface area contributed by atoms with Gasteiger partial charge in [-0.25, -0.2) is 9.78 Å². The van der Waals surface area contributed by atoms with Crippen molar-refractivity contribution in [1.82, 2.24) is 4.98 Å². The number of carbonyl (C=O) groups is 2. The van der Waals surface area contributed by atoms with Crippen LogP contribution in [-0.2, 0) is 9.53 Å². The van der Waals surface area contributed by atoms with Crippen molar-refractivity contribution in [1.29, 1.82) is 0 Å². The number of carboxylic acids is 1. The van der Waals surface area contributed by atoms with Crippen molar-refractivity contribution in [2.24, 2.45) is 0 Å². The fourth-order valence-electron chi connectivity index (χ4n) is 1.33. The molecular weight excluding hydrogens is 300 g/mol. The van der Waals surface area contributed by atoms with Gasteiger partial charge in [0.15, 0.2) is 0 Å². The Bertz CT molecular complexity index is 582. The first kappa shape index (κ1) is 16.9. The zero-order valence-electron chi connectivity index (χ0n) is 11.7. The third-order valence-corrected chi connectivity index (χ3v) is 2.94. The molecule has 0 atom stereocenters. The Morgan fingerprint density at radius 3 is 2.57 bits per heavy atom. The number of nitro groups is 1. The van der Waals surface area contributed by atoms with E-state index in [1.165, 1.54) is 0 Å². The molecule has 1 aromatic heterocycles. The van der Waals surface area contributed by atoms with Crippen molar-refractivity contribution in [3.8, 4) is 0 Å². The summed E-state index contributed by atoms with van der Waals surface area (Å²) in [5.41, 5.74) is -1.68. The number of rotatable bonds is 5. The van der Waals surface area contributed by atoms with E-state index in [4.69, 9.17) is 9.84 Å². The van der Waals surface area contributed by atoms with Gasteiger partial charge in [0.05, 0.1) is 15.7 Å². The van der Waals surface area contributed by atoms with Crippen molar-refractivity contribution in [3.05, 3.63) is 27.9 Å². The van der Waals surface area contributed by atoms with Crippen LogP contribution in [0.1, 0.15) is 31.1 Å². The van der Waals surface area contributed by atoms with Gasteiger partial charge in [0.1, 0.15) is 17.4 Å². The average Bonchev–Trinajstić information content (AvgIpc) is 2.33.